The summed E-state index contributed by atoms with van der Waals surface area (Å²) in [5, 5.41) is 12.1. The van der Waals surface area contributed by atoms with Crippen LogP contribution < -0.4 is 15.4 Å². The molecule has 0 aliphatic rings. The Hall–Kier alpha value is -2.62. The summed E-state index contributed by atoms with van der Waals surface area (Å²) in [5.74, 6) is -0.784. The van der Waals surface area contributed by atoms with E-state index in [2.05, 4.69) is 20.8 Å². The summed E-state index contributed by atoms with van der Waals surface area (Å²) in [4.78, 5) is 23.9. The van der Waals surface area contributed by atoms with E-state index < -0.39 is 34.6 Å². The van der Waals surface area contributed by atoms with Gasteiger partial charge in [0.25, 0.3) is 11.1 Å². The van der Waals surface area contributed by atoms with E-state index in [0.717, 1.165) is 11.8 Å². The minimum atomic E-state index is -0.680. The van der Waals surface area contributed by atoms with Gasteiger partial charge in [0.1, 0.15) is 0 Å². The third-order valence-corrected chi connectivity index (χ3v) is 4.22. The second kappa shape index (κ2) is 9.05. The lowest BCUT2D eigenvalue weighted by atomic mass is 10.1. The molecule has 0 saturated heterocycles. The monoisotopic (exact) mass is 410 g/mol. The Morgan fingerprint density at radius 3 is 2.54 bits per heavy atom. The zero-order valence-corrected chi connectivity index (χ0v) is 17.1. The van der Waals surface area contributed by atoms with E-state index in [9.17, 15) is 14.0 Å². The summed E-state index contributed by atoms with van der Waals surface area (Å²) in [6, 6.07) is 5.40. The molecule has 10 heteroatoms. The molecule has 3 amide bonds. The molecule has 1 aromatic carbocycles. The number of ether oxygens (including phenoxy) is 1. The lowest BCUT2D eigenvalue weighted by molar-refractivity contribution is -0.119. The van der Waals surface area contributed by atoms with Gasteiger partial charge < -0.3 is 14.5 Å². The maximum absolute atomic E-state index is 13.7. The number of aromatic nitrogens is 2. The van der Waals surface area contributed by atoms with Gasteiger partial charge in [0, 0.05) is 5.54 Å². The van der Waals surface area contributed by atoms with E-state index in [4.69, 9.17) is 9.15 Å². The molecule has 28 heavy (non-hydrogen) atoms. The molecule has 2 atom stereocenters. The highest BCUT2D eigenvalue weighted by molar-refractivity contribution is 8.00. The van der Waals surface area contributed by atoms with Gasteiger partial charge in [-0.15, -0.1) is 10.2 Å². The van der Waals surface area contributed by atoms with E-state index >= 15 is 0 Å². The number of urea groups is 1. The van der Waals surface area contributed by atoms with Gasteiger partial charge in [-0.05, 0) is 46.8 Å². The average molecular weight is 410 g/mol. The largest absolute Gasteiger partial charge is 0.478 e. The number of hydrogen-bond donors (Lipinski definition) is 2. The van der Waals surface area contributed by atoms with E-state index in [-0.39, 0.29) is 16.9 Å². The van der Waals surface area contributed by atoms with Crippen LogP contribution in [0.15, 0.2) is 33.9 Å². The molecule has 0 aliphatic heterocycles. The topological polar surface area (TPSA) is 106 Å². The Kier molecular flexibility index (Phi) is 7.00. The van der Waals surface area contributed by atoms with Crippen molar-refractivity contribution in [1.29, 1.82) is 0 Å². The summed E-state index contributed by atoms with van der Waals surface area (Å²) in [6.07, 6.45) is -0.680. The minimum absolute atomic E-state index is 0.0695. The van der Waals surface area contributed by atoms with Crippen LogP contribution in [0.25, 0.3) is 0 Å². The molecule has 2 rings (SSSR count). The predicted molar refractivity (Wildman–Crippen MR) is 101 cm³/mol. The molecule has 0 spiro atoms. The highest BCUT2D eigenvalue weighted by Gasteiger charge is 2.23. The molecule has 2 aromatic rings. The number of para-hydroxylation sites is 1. The summed E-state index contributed by atoms with van der Waals surface area (Å²) in [7, 11) is 0. The third kappa shape index (κ3) is 6.52. The number of hydrogen-bond acceptors (Lipinski definition) is 7. The molecule has 0 aliphatic carbocycles. The van der Waals surface area contributed by atoms with Gasteiger partial charge in [-0.25, -0.2) is 9.18 Å². The van der Waals surface area contributed by atoms with E-state index in [0.29, 0.717) is 0 Å². The first-order valence-electron chi connectivity index (χ1n) is 8.59. The first kappa shape index (κ1) is 21.7. The fourth-order valence-electron chi connectivity index (χ4n) is 2.00. The SMILES string of the molecule is C[C@@H](Sc1nnc([C@@H](C)Oc2ccccc2F)o1)C(=O)NC(=O)NC(C)(C)C. The normalized spacial score (nSPS) is 13.5. The Morgan fingerprint density at radius 1 is 1.21 bits per heavy atom. The zero-order chi connectivity index (χ0) is 20.9. The number of rotatable bonds is 6. The van der Waals surface area contributed by atoms with Crippen LogP contribution in [-0.4, -0.2) is 32.9 Å². The van der Waals surface area contributed by atoms with E-state index in [1.165, 1.54) is 12.1 Å². The quantitative estimate of drug-likeness (QED) is 0.703. The molecule has 0 fully saturated rings. The van der Waals surface area contributed by atoms with E-state index in [1.807, 2.05) is 0 Å². The number of nitrogens with one attached hydrogen (secondary N) is 2. The van der Waals surface area contributed by atoms with Gasteiger partial charge in [-0.1, -0.05) is 23.9 Å². The molecule has 0 bridgehead atoms. The number of carbonyl (C=O) groups is 2. The second-order valence-electron chi connectivity index (χ2n) is 7.05. The smallest absolute Gasteiger partial charge is 0.321 e. The molecule has 0 saturated carbocycles. The number of imide groups is 1. The van der Waals surface area contributed by atoms with Crippen LogP contribution in [0.4, 0.5) is 9.18 Å². The minimum Gasteiger partial charge on any atom is -0.478 e. The van der Waals surface area contributed by atoms with Gasteiger partial charge in [0.15, 0.2) is 17.7 Å². The fourth-order valence-corrected chi connectivity index (χ4v) is 2.69. The third-order valence-electron chi connectivity index (χ3n) is 3.28. The van der Waals surface area contributed by atoms with Crippen molar-refractivity contribution in [2.75, 3.05) is 0 Å². The average Bonchev–Trinajstić information content (AvgIpc) is 3.03. The van der Waals surface area contributed by atoms with Crippen LogP contribution >= 0.6 is 11.8 Å². The lowest BCUT2D eigenvalue weighted by Gasteiger charge is -2.20. The maximum atomic E-state index is 13.7. The molecule has 0 radical (unpaired) electrons. The molecular formula is C18H23FN4O4S. The summed E-state index contributed by atoms with van der Waals surface area (Å²) < 4.78 is 24.6. The van der Waals surface area contributed by atoms with E-state index in [1.54, 1.807) is 46.8 Å². The van der Waals surface area contributed by atoms with Crippen LogP contribution in [0.5, 0.6) is 5.75 Å². The summed E-state index contributed by atoms with van der Waals surface area (Å²) in [5.41, 5.74) is -0.462. The van der Waals surface area contributed by atoms with Crippen LogP contribution in [-0.2, 0) is 4.79 Å². The van der Waals surface area contributed by atoms with Crippen molar-refractivity contribution in [3.63, 3.8) is 0 Å². The Labute approximate surface area is 166 Å². The summed E-state index contributed by atoms with van der Waals surface area (Å²) in [6.45, 7) is 8.66. The first-order chi connectivity index (χ1) is 13.0. The fraction of sp³-hybridized carbons (Fsp3) is 0.444. The Morgan fingerprint density at radius 2 is 1.89 bits per heavy atom. The van der Waals surface area contributed by atoms with Crippen molar-refractivity contribution >= 4 is 23.7 Å². The van der Waals surface area contributed by atoms with Crippen LogP contribution in [0, 0.1) is 5.82 Å². The lowest BCUT2D eigenvalue weighted by Crippen LogP contribution is -2.49. The van der Waals surface area contributed by atoms with Crippen molar-refractivity contribution in [2.24, 2.45) is 0 Å². The van der Waals surface area contributed by atoms with Crippen molar-refractivity contribution in [2.45, 2.75) is 56.7 Å². The van der Waals surface area contributed by atoms with Crippen molar-refractivity contribution in [3.05, 3.63) is 36.0 Å². The van der Waals surface area contributed by atoms with Gasteiger partial charge >= 0.3 is 6.03 Å². The summed E-state index contributed by atoms with van der Waals surface area (Å²) >= 11 is 0.997. The van der Waals surface area contributed by atoms with Crippen LogP contribution in [0.3, 0.4) is 0 Å². The van der Waals surface area contributed by atoms with Crippen LogP contribution in [0.2, 0.25) is 0 Å². The zero-order valence-electron chi connectivity index (χ0n) is 16.3. The molecule has 152 valence electrons. The van der Waals surface area contributed by atoms with Gasteiger partial charge in [-0.3, -0.25) is 10.1 Å². The van der Waals surface area contributed by atoms with Gasteiger partial charge in [0.2, 0.25) is 5.91 Å². The number of amides is 3. The molecular weight excluding hydrogens is 387 g/mol. The number of benzene rings is 1. The second-order valence-corrected chi connectivity index (χ2v) is 8.34. The van der Waals surface area contributed by atoms with Gasteiger partial charge in [-0.2, -0.15) is 0 Å². The molecule has 1 heterocycles. The van der Waals surface area contributed by atoms with Crippen LogP contribution in [0.1, 0.15) is 46.6 Å². The highest BCUT2D eigenvalue weighted by atomic mass is 32.2. The molecule has 2 N–H and O–H groups in total. The number of nitrogens with zero attached hydrogens (tertiary/aromatic N) is 2. The molecule has 8 nitrogen and oxygen atoms in total. The Balaban J connectivity index is 1.91. The van der Waals surface area contributed by atoms with Crippen molar-refractivity contribution < 1.29 is 23.1 Å². The molecule has 1 aromatic heterocycles. The number of thioether (sulfide) groups is 1. The number of halogens is 1. The molecule has 0 unspecified atom stereocenters. The number of carbonyl (C=O) groups excluding carboxylic acids is 2. The standard InChI is InChI=1S/C18H23FN4O4S/c1-10(26-13-9-7-6-8-12(13)19)15-22-23-17(27-15)28-11(2)14(24)20-16(25)21-18(3,4)5/h6-11H,1-5H3,(H2,20,21,24,25)/t10-,11-/m1/s1. The Bertz CT molecular complexity index is 837. The maximum Gasteiger partial charge on any atom is 0.321 e. The van der Waals surface area contributed by atoms with Crippen molar-refractivity contribution in [3.8, 4) is 5.75 Å². The van der Waals surface area contributed by atoms with Crippen molar-refractivity contribution in [1.82, 2.24) is 20.8 Å². The highest BCUT2D eigenvalue weighted by Crippen LogP contribution is 2.27. The first-order valence-corrected chi connectivity index (χ1v) is 9.47. The predicted octanol–water partition coefficient (Wildman–Crippen LogP) is 3.45. The van der Waals surface area contributed by atoms with Gasteiger partial charge in [0.05, 0.1) is 5.25 Å².